The van der Waals surface area contributed by atoms with Gasteiger partial charge < -0.3 is 15.5 Å². The lowest BCUT2D eigenvalue weighted by Crippen LogP contribution is -2.48. The fourth-order valence-corrected chi connectivity index (χ4v) is 2.81. The average Bonchev–Trinajstić information content (AvgIpc) is 2.65. The molecule has 1 atom stereocenters. The van der Waals surface area contributed by atoms with E-state index in [4.69, 9.17) is 0 Å². The number of carbonyl (C=O) groups excluding carboxylic acids is 3. The van der Waals surface area contributed by atoms with E-state index in [2.05, 4.69) is 10.6 Å². The van der Waals surface area contributed by atoms with Gasteiger partial charge in [0.05, 0.1) is 12.5 Å². The quantitative estimate of drug-likeness (QED) is 0.762. The van der Waals surface area contributed by atoms with Crippen LogP contribution in [-0.4, -0.2) is 48.8 Å². The van der Waals surface area contributed by atoms with Crippen LogP contribution in [0.1, 0.15) is 25.3 Å². The van der Waals surface area contributed by atoms with Gasteiger partial charge in [0.25, 0.3) is 0 Å². The van der Waals surface area contributed by atoms with Crippen molar-refractivity contribution in [2.45, 2.75) is 19.8 Å². The molecule has 2 N–H and O–H groups in total. The fourth-order valence-electron chi connectivity index (χ4n) is 2.81. The van der Waals surface area contributed by atoms with E-state index in [0.717, 1.165) is 18.4 Å². The van der Waals surface area contributed by atoms with E-state index < -0.39 is 0 Å². The third kappa shape index (κ3) is 6.06. The van der Waals surface area contributed by atoms with Crippen molar-refractivity contribution in [2.24, 2.45) is 5.92 Å². The second-order valence-electron chi connectivity index (χ2n) is 6.04. The minimum absolute atomic E-state index is 0.00479. The van der Waals surface area contributed by atoms with Crippen LogP contribution in [0.5, 0.6) is 0 Å². The van der Waals surface area contributed by atoms with Gasteiger partial charge in [0.2, 0.25) is 17.7 Å². The third-order valence-electron chi connectivity index (χ3n) is 4.14. The van der Waals surface area contributed by atoms with E-state index in [1.165, 1.54) is 6.08 Å². The van der Waals surface area contributed by atoms with Crippen LogP contribution in [0, 0.1) is 5.92 Å². The Labute approximate surface area is 148 Å². The summed E-state index contributed by atoms with van der Waals surface area (Å²) in [5, 5.41) is 5.40. The molecule has 2 rings (SSSR count). The average molecular weight is 343 g/mol. The monoisotopic (exact) mass is 343 g/mol. The molecule has 1 aliphatic heterocycles. The highest BCUT2D eigenvalue weighted by molar-refractivity contribution is 5.94. The number of rotatable bonds is 6. The van der Waals surface area contributed by atoms with E-state index in [-0.39, 0.29) is 30.2 Å². The maximum Gasteiger partial charge on any atom is 0.244 e. The lowest BCUT2D eigenvalue weighted by atomic mass is 9.97. The summed E-state index contributed by atoms with van der Waals surface area (Å²) in [5.41, 5.74) is 0.921. The Morgan fingerprint density at radius 3 is 2.68 bits per heavy atom. The van der Waals surface area contributed by atoms with Crippen LogP contribution in [0.25, 0.3) is 6.08 Å². The zero-order valence-electron chi connectivity index (χ0n) is 14.5. The van der Waals surface area contributed by atoms with Gasteiger partial charge in [-0.2, -0.15) is 0 Å². The summed E-state index contributed by atoms with van der Waals surface area (Å²) in [6, 6.07) is 9.47. The summed E-state index contributed by atoms with van der Waals surface area (Å²) in [6.45, 7) is 3.46. The van der Waals surface area contributed by atoms with Gasteiger partial charge in [0, 0.05) is 25.7 Å². The molecule has 25 heavy (non-hydrogen) atoms. The number of benzene rings is 1. The highest BCUT2D eigenvalue weighted by Crippen LogP contribution is 2.16. The van der Waals surface area contributed by atoms with Crippen LogP contribution < -0.4 is 10.6 Å². The number of hydrogen-bond acceptors (Lipinski definition) is 3. The number of likely N-dealkylation sites (tertiary alicyclic amines) is 1. The molecule has 0 spiro atoms. The molecule has 3 amide bonds. The number of amides is 3. The van der Waals surface area contributed by atoms with E-state index in [1.54, 1.807) is 11.0 Å². The molecule has 1 fully saturated rings. The molecule has 1 unspecified atom stereocenters. The number of hydrogen-bond donors (Lipinski definition) is 2. The number of piperidine rings is 1. The van der Waals surface area contributed by atoms with E-state index in [0.29, 0.717) is 19.6 Å². The molecular formula is C19H25N3O3. The highest BCUT2D eigenvalue weighted by atomic mass is 16.2. The molecule has 134 valence electrons. The van der Waals surface area contributed by atoms with Crippen LogP contribution in [0.3, 0.4) is 0 Å². The van der Waals surface area contributed by atoms with Crippen molar-refractivity contribution in [3.05, 3.63) is 42.0 Å². The van der Waals surface area contributed by atoms with E-state index in [1.807, 2.05) is 37.3 Å². The molecule has 0 aliphatic carbocycles. The van der Waals surface area contributed by atoms with Crippen LogP contribution >= 0.6 is 0 Å². The fraction of sp³-hybridized carbons (Fsp3) is 0.421. The molecule has 1 saturated heterocycles. The summed E-state index contributed by atoms with van der Waals surface area (Å²) in [6.07, 6.45) is 4.71. The summed E-state index contributed by atoms with van der Waals surface area (Å²) >= 11 is 0. The first-order valence-corrected chi connectivity index (χ1v) is 8.66. The second-order valence-corrected chi connectivity index (χ2v) is 6.04. The molecule has 6 heteroatoms. The Morgan fingerprint density at radius 1 is 1.20 bits per heavy atom. The van der Waals surface area contributed by atoms with Gasteiger partial charge in [-0.1, -0.05) is 30.3 Å². The van der Waals surface area contributed by atoms with Crippen molar-refractivity contribution < 1.29 is 14.4 Å². The Balaban J connectivity index is 1.78. The molecule has 0 saturated carbocycles. The number of nitrogens with one attached hydrogen (secondary N) is 2. The van der Waals surface area contributed by atoms with Crippen LogP contribution in [-0.2, 0) is 14.4 Å². The Morgan fingerprint density at radius 2 is 1.96 bits per heavy atom. The van der Waals surface area contributed by atoms with E-state index in [9.17, 15) is 14.4 Å². The molecule has 1 aliphatic rings. The lowest BCUT2D eigenvalue weighted by molar-refractivity contribution is -0.136. The molecule has 0 bridgehead atoms. The van der Waals surface area contributed by atoms with Crippen LogP contribution in [0.2, 0.25) is 0 Å². The van der Waals surface area contributed by atoms with Gasteiger partial charge >= 0.3 is 0 Å². The largest absolute Gasteiger partial charge is 0.356 e. The third-order valence-corrected chi connectivity index (χ3v) is 4.14. The van der Waals surface area contributed by atoms with Crippen molar-refractivity contribution in [1.29, 1.82) is 0 Å². The SMILES string of the molecule is CCNC(=O)C1CCCN(C(=O)CNC(=O)C=Cc2ccccc2)C1. The molecule has 1 aromatic rings. The highest BCUT2D eigenvalue weighted by Gasteiger charge is 2.27. The standard InChI is InChI=1S/C19H25N3O3/c1-2-20-19(25)16-9-6-12-22(14-16)18(24)13-21-17(23)11-10-15-7-4-3-5-8-15/h3-5,7-8,10-11,16H,2,6,9,12-14H2,1H3,(H,20,25)(H,21,23). The van der Waals surface area contributed by atoms with Gasteiger partial charge in [0.1, 0.15) is 0 Å². The molecular weight excluding hydrogens is 318 g/mol. The molecule has 1 heterocycles. The minimum Gasteiger partial charge on any atom is -0.356 e. The maximum atomic E-state index is 12.3. The number of nitrogens with zero attached hydrogens (tertiary/aromatic N) is 1. The molecule has 1 aromatic carbocycles. The Bertz CT molecular complexity index is 628. The molecule has 0 aromatic heterocycles. The minimum atomic E-state index is -0.311. The first-order valence-electron chi connectivity index (χ1n) is 8.66. The summed E-state index contributed by atoms with van der Waals surface area (Å²) in [4.78, 5) is 37.7. The Hall–Kier alpha value is -2.63. The van der Waals surface area contributed by atoms with Crippen LogP contribution in [0.15, 0.2) is 36.4 Å². The molecule has 0 radical (unpaired) electrons. The van der Waals surface area contributed by atoms with Gasteiger partial charge in [-0.15, -0.1) is 0 Å². The van der Waals surface area contributed by atoms with Crippen LogP contribution in [0.4, 0.5) is 0 Å². The van der Waals surface area contributed by atoms with Crippen molar-refractivity contribution in [1.82, 2.24) is 15.5 Å². The summed E-state index contributed by atoms with van der Waals surface area (Å²) in [7, 11) is 0. The maximum absolute atomic E-state index is 12.3. The molecule has 6 nitrogen and oxygen atoms in total. The second kappa shape index (κ2) is 9.61. The smallest absolute Gasteiger partial charge is 0.244 e. The predicted molar refractivity (Wildman–Crippen MR) is 96.5 cm³/mol. The van der Waals surface area contributed by atoms with E-state index >= 15 is 0 Å². The number of carbonyl (C=O) groups is 3. The first kappa shape index (κ1) is 18.7. The van der Waals surface area contributed by atoms with Gasteiger partial charge in [0.15, 0.2) is 0 Å². The van der Waals surface area contributed by atoms with Crippen molar-refractivity contribution in [3.8, 4) is 0 Å². The zero-order chi connectivity index (χ0) is 18.1. The zero-order valence-corrected chi connectivity index (χ0v) is 14.5. The lowest BCUT2D eigenvalue weighted by Gasteiger charge is -2.32. The Kier molecular flexibility index (Phi) is 7.19. The van der Waals surface area contributed by atoms with Gasteiger partial charge in [-0.3, -0.25) is 14.4 Å². The van der Waals surface area contributed by atoms with Crippen molar-refractivity contribution >= 4 is 23.8 Å². The van der Waals surface area contributed by atoms with Gasteiger partial charge in [-0.05, 0) is 31.4 Å². The van der Waals surface area contributed by atoms with Crippen molar-refractivity contribution in [2.75, 3.05) is 26.2 Å². The summed E-state index contributed by atoms with van der Waals surface area (Å²) in [5.74, 6) is -0.633. The van der Waals surface area contributed by atoms with Crippen molar-refractivity contribution in [3.63, 3.8) is 0 Å². The predicted octanol–water partition coefficient (Wildman–Crippen LogP) is 1.19. The first-order chi connectivity index (χ1) is 12.1. The normalized spacial score (nSPS) is 17.3. The van der Waals surface area contributed by atoms with Gasteiger partial charge in [-0.25, -0.2) is 0 Å². The summed E-state index contributed by atoms with van der Waals surface area (Å²) < 4.78 is 0. The topological polar surface area (TPSA) is 78.5 Å².